The molecule has 0 radical (unpaired) electrons. The Morgan fingerprint density at radius 1 is 1.53 bits per heavy atom. The normalized spacial score (nSPS) is 17.1. The summed E-state index contributed by atoms with van der Waals surface area (Å²) in [5, 5.41) is 0. The third-order valence-electron chi connectivity index (χ3n) is 2.53. The van der Waals surface area contributed by atoms with Gasteiger partial charge in [0.1, 0.15) is 6.10 Å². The van der Waals surface area contributed by atoms with Crippen LogP contribution in [0.1, 0.15) is 26.7 Å². The van der Waals surface area contributed by atoms with Crippen LogP contribution in [-0.2, 0) is 9.53 Å². The van der Waals surface area contributed by atoms with Crippen molar-refractivity contribution >= 4 is 18.3 Å². The maximum Gasteiger partial charge on any atom is 0.253 e. The molecule has 4 nitrogen and oxygen atoms in total. The van der Waals surface area contributed by atoms with E-state index in [4.69, 9.17) is 10.5 Å². The van der Waals surface area contributed by atoms with Crippen LogP contribution < -0.4 is 5.73 Å². The molecule has 2 N–H and O–H groups in total. The number of nitrogens with zero attached hydrogens (tertiary/aromatic N) is 1. The van der Waals surface area contributed by atoms with Crippen molar-refractivity contribution in [3.05, 3.63) is 0 Å². The second-order valence-electron chi connectivity index (χ2n) is 4.03. The Kier molecular flexibility index (Phi) is 6.17. The second-order valence-corrected chi connectivity index (χ2v) is 4.03. The summed E-state index contributed by atoms with van der Waals surface area (Å²) in [7, 11) is 1.53. The Bertz CT molecular complexity index is 202. The van der Waals surface area contributed by atoms with Gasteiger partial charge in [0.05, 0.1) is 0 Å². The molecule has 5 heteroatoms. The third-order valence-corrected chi connectivity index (χ3v) is 2.53. The molecule has 0 spiro atoms. The molecule has 1 amide bonds. The molecule has 1 aliphatic rings. The molecule has 1 aliphatic carbocycles. The lowest BCUT2D eigenvalue weighted by Gasteiger charge is -2.29. The minimum absolute atomic E-state index is 0. The smallest absolute Gasteiger partial charge is 0.253 e. The van der Waals surface area contributed by atoms with Gasteiger partial charge in [0, 0.05) is 25.7 Å². The van der Waals surface area contributed by atoms with E-state index in [-0.39, 0.29) is 30.9 Å². The minimum atomic E-state index is -0.474. The van der Waals surface area contributed by atoms with E-state index in [1.807, 2.05) is 18.7 Å². The number of nitrogens with two attached hydrogens (primary N) is 1. The van der Waals surface area contributed by atoms with Crippen LogP contribution in [-0.4, -0.2) is 42.6 Å². The summed E-state index contributed by atoms with van der Waals surface area (Å²) in [4.78, 5) is 13.9. The van der Waals surface area contributed by atoms with Crippen molar-refractivity contribution in [2.45, 2.75) is 44.9 Å². The molecule has 0 aromatic rings. The number of methoxy groups -OCH3 is 1. The standard InChI is InChI=1S/C10H20N2O2.ClH/c1-7(2)12(8-4-5-8)10(13)9(6-11)14-3;/h7-9H,4-6,11H2,1-3H3;1H. The summed E-state index contributed by atoms with van der Waals surface area (Å²) in [6.07, 6.45) is 1.76. The number of hydrogen-bond acceptors (Lipinski definition) is 3. The first-order valence-corrected chi connectivity index (χ1v) is 5.16. The van der Waals surface area contributed by atoms with E-state index in [2.05, 4.69) is 0 Å². The van der Waals surface area contributed by atoms with Crippen molar-refractivity contribution in [3.63, 3.8) is 0 Å². The van der Waals surface area contributed by atoms with Gasteiger partial charge in [0.25, 0.3) is 5.91 Å². The predicted molar refractivity (Wildman–Crippen MR) is 62.1 cm³/mol. The number of ether oxygens (including phenoxy) is 1. The zero-order valence-electron chi connectivity index (χ0n) is 9.60. The van der Waals surface area contributed by atoms with E-state index >= 15 is 0 Å². The topological polar surface area (TPSA) is 55.6 Å². The maximum atomic E-state index is 11.9. The van der Waals surface area contributed by atoms with Crippen molar-refractivity contribution in [1.82, 2.24) is 4.90 Å². The van der Waals surface area contributed by atoms with Crippen LogP contribution in [0.15, 0.2) is 0 Å². The lowest BCUT2D eigenvalue weighted by atomic mass is 10.2. The van der Waals surface area contributed by atoms with Crippen LogP contribution in [0.3, 0.4) is 0 Å². The molecule has 0 saturated heterocycles. The number of hydrogen-bond donors (Lipinski definition) is 1. The first kappa shape index (κ1) is 14.7. The number of rotatable bonds is 5. The molecule has 0 aromatic carbocycles. The van der Waals surface area contributed by atoms with Crippen LogP contribution >= 0.6 is 12.4 Å². The molecule has 0 heterocycles. The fraction of sp³-hybridized carbons (Fsp3) is 0.900. The van der Waals surface area contributed by atoms with E-state index in [0.717, 1.165) is 12.8 Å². The van der Waals surface area contributed by atoms with Crippen LogP contribution in [0.25, 0.3) is 0 Å². The molecule has 0 aromatic heterocycles. The van der Waals surface area contributed by atoms with Crippen molar-refractivity contribution in [2.24, 2.45) is 5.73 Å². The van der Waals surface area contributed by atoms with Crippen molar-refractivity contribution in [2.75, 3.05) is 13.7 Å². The van der Waals surface area contributed by atoms with Crippen LogP contribution in [0, 0.1) is 0 Å². The van der Waals surface area contributed by atoms with Gasteiger partial charge in [-0.25, -0.2) is 0 Å². The van der Waals surface area contributed by atoms with Gasteiger partial charge in [-0.15, -0.1) is 12.4 Å². The molecule has 1 atom stereocenters. The van der Waals surface area contributed by atoms with E-state index in [0.29, 0.717) is 6.04 Å². The molecular formula is C10H21ClN2O2. The number of carbonyl (C=O) groups is 1. The van der Waals surface area contributed by atoms with Gasteiger partial charge in [-0.1, -0.05) is 0 Å². The monoisotopic (exact) mass is 236 g/mol. The van der Waals surface area contributed by atoms with Crippen molar-refractivity contribution in [3.8, 4) is 0 Å². The molecule has 15 heavy (non-hydrogen) atoms. The van der Waals surface area contributed by atoms with E-state index in [1.165, 1.54) is 7.11 Å². The van der Waals surface area contributed by atoms with Crippen LogP contribution in [0.5, 0.6) is 0 Å². The predicted octanol–water partition coefficient (Wildman–Crippen LogP) is 0.781. The molecule has 1 rings (SSSR count). The summed E-state index contributed by atoms with van der Waals surface area (Å²) >= 11 is 0. The first-order chi connectivity index (χ1) is 6.61. The Morgan fingerprint density at radius 2 is 2.07 bits per heavy atom. The van der Waals surface area contributed by atoms with Crippen LogP contribution in [0.2, 0.25) is 0 Å². The molecule has 1 saturated carbocycles. The van der Waals surface area contributed by atoms with Crippen molar-refractivity contribution < 1.29 is 9.53 Å². The van der Waals surface area contributed by atoms with Gasteiger partial charge < -0.3 is 15.4 Å². The highest BCUT2D eigenvalue weighted by molar-refractivity contribution is 5.85. The van der Waals surface area contributed by atoms with Gasteiger partial charge in [0.15, 0.2) is 0 Å². The van der Waals surface area contributed by atoms with Gasteiger partial charge >= 0.3 is 0 Å². The maximum absolute atomic E-state index is 11.9. The van der Waals surface area contributed by atoms with Crippen LogP contribution in [0.4, 0.5) is 0 Å². The first-order valence-electron chi connectivity index (χ1n) is 5.16. The average Bonchev–Trinajstić information content (AvgIpc) is 2.90. The van der Waals surface area contributed by atoms with E-state index in [9.17, 15) is 4.79 Å². The zero-order valence-corrected chi connectivity index (χ0v) is 10.4. The average molecular weight is 237 g/mol. The van der Waals surface area contributed by atoms with Gasteiger partial charge in [-0.05, 0) is 26.7 Å². The molecule has 1 unspecified atom stereocenters. The minimum Gasteiger partial charge on any atom is -0.370 e. The third kappa shape index (κ3) is 3.63. The Hall–Kier alpha value is -0.320. The number of amides is 1. The Morgan fingerprint density at radius 3 is 2.33 bits per heavy atom. The Balaban J connectivity index is 0.00000196. The SMILES string of the molecule is COC(CN)C(=O)N(C(C)C)C1CC1.Cl. The molecule has 0 bridgehead atoms. The highest BCUT2D eigenvalue weighted by Gasteiger charge is 2.36. The zero-order chi connectivity index (χ0) is 10.7. The van der Waals surface area contributed by atoms with E-state index < -0.39 is 6.10 Å². The summed E-state index contributed by atoms with van der Waals surface area (Å²) in [6, 6.07) is 0.658. The lowest BCUT2D eigenvalue weighted by molar-refractivity contribution is -0.143. The highest BCUT2D eigenvalue weighted by atomic mass is 35.5. The van der Waals surface area contributed by atoms with Gasteiger partial charge in [-0.3, -0.25) is 4.79 Å². The van der Waals surface area contributed by atoms with Gasteiger partial charge in [0.2, 0.25) is 0 Å². The number of carbonyl (C=O) groups excluding carboxylic acids is 1. The molecular weight excluding hydrogens is 216 g/mol. The summed E-state index contributed by atoms with van der Waals surface area (Å²) in [6.45, 7) is 4.31. The fourth-order valence-corrected chi connectivity index (χ4v) is 1.67. The molecule has 0 aliphatic heterocycles. The Labute approximate surface area is 97.5 Å². The molecule has 1 fully saturated rings. The van der Waals surface area contributed by atoms with E-state index in [1.54, 1.807) is 0 Å². The van der Waals surface area contributed by atoms with Crippen molar-refractivity contribution in [1.29, 1.82) is 0 Å². The largest absolute Gasteiger partial charge is 0.370 e. The second kappa shape index (κ2) is 6.30. The van der Waals surface area contributed by atoms with Gasteiger partial charge in [-0.2, -0.15) is 0 Å². The fourth-order valence-electron chi connectivity index (χ4n) is 1.67. The quantitative estimate of drug-likeness (QED) is 0.768. The summed E-state index contributed by atoms with van der Waals surface area (Å²) in [5.74, 6) is 0.0347. The lowest BCUT2D eigenvalue weighted by Crippen LogP contribution is -2.47. The summed E-state index contributed by atoms with van der Waals surface area (Å²) in [5.41, 5.74) is 5.47. The highest BCUT2D eigenvalue weighted by Crippen LogP contribution is 2.29. The number of halogens is 1. The molecule has 90 valence electrons. The summed E-state index contributed by atoms with van der Waals surface area (Å²) < 4.78 is 5.05.